The van der Waals surface area contributed by atoms with Crippen LogP contribution in [0.4, 0.5) is 8.78 Å². The highest BCUT2D eigenvalue weighted by Crippen LogP contribution is 2.16. The van der Waals surface area contributed by atoms with Crippen molar-refractivity contribution in [2.24, 2.45) is 0 Å². The first-order valence-electron chi connectivity index (χ1n) is 7.61. The molecule has 0 saturated heterocycles. The molecule has 2 rings (SSSR count). The summed E-state index contributed by atoms with van der Waals surface area (Å²) in [6.45, 7) is 1.45. The fourth-order valence-corrected chi connectivity index (χ4v) is 2.29. The Morgan fingerprint density at radius 3 is 2.36 bits per heavy atom. The molecular formula is C18H18F2N2O3. The molecule has 0 radical (unpaired) electrons. The summed E-state index contributed by atoms with van der Waals surface area (Å²) in [7, 11) is 0. The molecule has 1 unspecified atom stereocenters. The minimum absolute atomic E-state index is 0.0197. The highest BCUT2D eigenvalue weighted by Gasteiger charge is 2.13. The van der Waals surface area contributed by atoms with Gasteiger partial charge in [-0.05, 0) is 30.2 Å². The van der Waals surface area contributed by atoms with Crippen LogP contribution in [0.3, 0.4) is 0 Å². The normalized spacial score (nSPS) is 11.7. The van der Waals surface area contributed by atoms with Crippen molar-refractivity contribution in [3.8, 4) is 0 Å². The van der Waals surface area contributed by atoms with Crippen molar-refractivity contribution in [2.45, 2.75) is 13.0 Å². The number of hydrogen-bond donors (Lipinski definition) is 3. The molecule has 0 spiro atoms. The predicted octanol–water partition coefficient (Wildman–Crippen LogP) is 1.85. The maximum Gasteiger partial charge on any atom is 0.251 e. The van der Waals surface area contributed by atoms with Crippen molar-refractivity contribution in [1.82, 2.24) is 10.6 Å². The van der Waals surface area contributed by atoms with Gasteiger partial charge in [0, 0.05) is 18.2 Å². The van der Waals surface area contributed by atoms with E-state index >= 15 is 0 Å². The number of hydrogen-bond acceptors (Lipinski definition) is 3. The van der Waals surface area contributed by atoms with Crippen LogP contribution in [-0.2, 0) is 4.79 Å². The van der Waals surface area contributed by atoms with Crippen molar-refractivity contribution in [2.75, 3.05) is 13.1 Å². The number of carbonyl (C=O) groups excluding carboxylic acids is 2. The molecule has 2 aromatic rings. The van der Waals surface area contributed by atoms with E-state index in [0.717, 1.165) is 17.7 Å². The van der Waals surface area contributed by atoms with Gasteiger partial charge in [-0.3, -0.25) is 9.59 Å². The number of aliphatic hydroxyl groups is 1. The van der Waals surface area contributed by atoms with Crippen LogP contribution < -0.4 is 10.6 Å². The Morgan fingerprint density at radius 2 is 1.72 bits per heavy atom. The molecular weight excluding hydrogens is 330 g/mol. The summed E-state index contributed by atoms with van der Waals surface area (Å²) in [6, 6.07) is 9.62. The van der Waals surface area contributed by atoms with Crippen LogP contribution in [0.25, 0.3) is 0 Å². The molecule has 0 heterocycles. The van der Waals surface area contributed by atoms with E-state index in [1.165, 1.54) is 0 Å². The monoisotopic (exact) mass is 348 g/mol. The van der Waals surface area contributed by atoms with Gasteiger partial charge in [0.25, 0.3) is 5.91 Å². The first kappa shape index (κ1) is 18.5. The van der Waals surface area contributed by atoms with E-state index in [1.807, 2.05) is 19.1 Å². The number of nitrogens with one attached hydrogen (secondary N) is 2. The van der Waals surface area contributed by atoms with E-state index in [0.29, 0.717) is 11.6 Å². The van der Waals surface area contributed by atoms with E-state index < -0.39 is 29.6 Å². The Hall–Kier alpha value is -2.80. The van der Waals surface area contributed by atoms with Gasteiger partial charge in [0.1, 0.15) is 11.6 Å². The van der Waals surface area contributed by atoms with Gasteiger partial charge < -0.3 is 15.7 Å². The second-order valence-electron chi connectivity index (χ2n) is 5.52. The predicted molar refractivity (Wildman–Crippen MR) is 87.8 cm³/mol. The molecule has 0 saturated carbocycles. The van der Waals surface area contributed by atoms with E-state index in [2.05, 4.69) is 10.6 Å². The highest BCUT2D eigenvalue weighted by molar-refractivity contribution is 5.96. The molecule has 0 aliphatic heterocycles. The van der Waals surface area contributed by atoms with Crippen molar-refractivity contribution in [1.29, 1.82) is 0 Å². The minimum Gasteiger partial charge on any atom is -0.387 e. The molecule has 3 N–H and O–H groups in total. The molecule has 132 valence electrons. The first-order chi connectivity index (χ1) is 11.9. The Bertz CT molecular complexity index is 760. The lowest BCUT2D eigenvalue weighted by atomic mass is 10.0. The highest BCUT2D eigenvalue weighted by atomic mass is 19.1. The van der Waals surface area contributed by atoms with Crippen LogP contribution in [-0.4, -0.2) is 30.0 Å². The lowest BCUT2D eigenvalue weighted by Gasteiger charge is -2.14. The van der Waals surface area contributed by atoms with Gasteiger partial charge in [0.2, 0.25) is 5.91 Å². The molecule has 25 heavy (non-hydrogen) atoms. The molecule has 0 bridgehead atoms. The summed E-state index contributed by atoms with van der Waals surface area (Å²) in [5, 5.41) is 14.8. The maximum atomic E-state index is 13.1. The third-order valence-electron chi connectivity index (χ3n) is 3.57. The standard InChI is InChI=1S/C18H18F2N2O3/c1-11-4-2-3-5-15(11)16(23)9-21-17(24)10-22-18(25)12-6-13(19)8-14(20)7-12/h2-8,16,23H,9-10H2,1H3,(H,21,24)(H,22,25). The Balaban J connectivity index is 1.82. The van der Waals surface area contributed by atoms with Gasteiger partial charge in [-0.25, -0.2) is 8.78 Å². The number of amides is 2. The van der Waals surface area contributed by atoms with Crippen LogP contribution in [0.2, 0.25) is 0 Å². The van der Waals surface area contributed by atoms with Crippen molar-refractivity contribution >= 4 is 11.8 Å². The van der Waals surface area contributed by atoms with E-state index in [4.69, 9.17) is 0 Å². The maximum absolute atomic E-state index is 13.1. The number of aliphatic hydroxyl groups excluding tert-OH is 1. The molecule has 5 nitrogen and oxygen atoms in total. The average molecular weight is 348 g/mol. The average Bonchev–Trinajstić information content (AvgIpc) is 2.57. The Labute approximate surface area is 143 Å². The largest absolute Gasteiger partial charge is 0.387 e. The molecule has 0 aromatic heterocycles. The lowest BCUT2D eigenvalue weighted by molar-refractivity contribution is -0.120. The number of benzene rings is 2. The zero-order chi connectivity index (χ0) is 18.4. The molecule has 2 amide bonds. The third-order valence-corrected chi connectivity index (χ3v) is 3.57. The summed E-state index contributed by atoms with van der Waals surface area (Å²) in [5.74, 6) is -3.06. The van der Waals surface area contributed by atoms with Gasteiger partial charge in [0.05, 0.1) is 12.6 Å². The van der Waals surface area contributed by atoms with Crippen LogP contribution in [0.15, 0.2) is 42.5 Å². The Kier molecular flexibility index (Phi) is 6.19. The summed E-state index contributed by atoms with van der Waals surface area (Å²) < 4.78 is 26.1. The Morgan fingerprint density at radius 1 is 1.08 bits per heavy atom. The zero-order valence-corrected chi connectivity index (χ0v) is 13.6. The van der Waals surface area contributed by atoms with Crippen molar-refractivity contribution in [3.63, 3.8) is 0 Å². The SMILES string of the molecule is Cc1ccccc1C(O)CNC(=O)CNC(=O)c1cc(F)cc(F)c1. The van der Waals surface area contributed by atoms with Gasteiger partial charge in [-0.1, -0.05) is 24.3 Å². The molecule has 2 aromatic carbocycles. The number of carbonyl (C=O) groups is 2. The van der Waals surface area contributed by atoms with E-state index in [-0.39, 0.29) is 18.7 Å². The summed E-state index contributed by atoms with van der Waals surface area (Å²) in [6.07, 6.45) is -0.877. The zero-order valence-electron chi connectivity index (χ0n) is 13.6. The van der Waals surface area contributed by atoms with Crippen molar-refractivity contribution < 1.29 is 23.5 Å². The van der Waals surface area contributed by atoms with Gasteiger partial charge in [-0.15, -0.1) is 0 Å². The second kappa shape index (κ2) is 8.34. The van der Waals surface area contributed by atoms with E-state index in [1.54, 1.807) is 12.1 Å². The summed E-state index contributed by atoms with van der Waals surface area (Å²) in [4.78, 5) is 23.5. The smallest absolute Gasteiger partial charge is 0.251 e. The van der Waals surface area contributed by atoms with Gasteiger partial charge in [-0.2, -0.15) is 0 Å². The van der Waals surface area contributed by atoms with Crippen LogP contribution in [0.5, 0.6) is 0 Å². The van der Waals surface area contributed by atoms with Crippen LogP contribution in [0, 0.1) is 18.6 Å². The van der Waals surface area contributed by atoms with Crippen molar-refractivity contribution in [3.05, 3.63) is 70.8 Å². The van der Waals surface area contributed by atoms with Crippen LogP contribution >= 0.6 is 0 Å². The summed E-state index contributed by atoms with van der Waals surface area (Å²) in [5.41, 5.74) is 1.37. The van der Waals surface area contributed by atoms with Crippen LogP contribution in [0.1, 0.15) is 27.6 Å². The summed E-state index contributed by atoms with van der Waals surface area (Å²) >= 11 is 0. The molecule has 7 heteroatoms. The molecule has 0 aliphatic carbocycles. The van der Waals surface area contributed by atoms with E-state index in [9.17, 15) is 23.5 Å². The number of rotatable bonds is 6. The second-order valence-corrected chi connectivity index (χ2v) is 5.52. The molecule has 0 fully saturated rings. The fourth-order valence-electron chi connectivity index (χ4n) is 2.29. The molecule has 1 atom stereocenters. The minimum atomic E-state index is -0.879. The van der Waals surface area contributed by atoms with Gasteiger partial charge in [0.15, 0.2) is 0 Å². The fraction of sp³-hybridized carbons (Fsp3) is 0.222. The quantitative estimate of drug-likeness (QED) is 0.746. The number of halogens is 2. The lowest BCUT2D eigenvalue weighted by Crippen LogP contribution is -2.38. The topological polar surface area (TPSA) is 78.4 Å². The molecule has 0 aliphatic rings. The third kappa shape index (κ3) is 5.36. The van der Waals surface area contributed by atoms with Gasteiger partial charge >= 0.3 is 0 Å². The number of aryl methyl sites for hydroxylation is 1. The first-order valence-corrected chi connectivity index (χ1v) is 7.61.